The fraction of sp³-hybridized carbons (Fsp3) is 1.00. The fourth-order valence-electron chi connectivity index (χ4n) is 1.64. The van der Waals surface area contributed by atoms with E-state index in [1.807, 2.05) is 6.92 Å². The largest absolute Gasteiger partial charge is 0.315 e. The summed E-state index contributed by atoms with van der Waals surface area (Å²) >= 11 is 0. The second kappa shape index (κ2) is 6.87. The Morgan fingerprint density at radius 3 is 2.11 bits per heavy atom. The Morgan fingerprint density at radius 2 is 1.72 bits per heavy atom. The van der Waals surface area contributed by atoms with Gasteiger partial charge >= 0.3 is 0 Å². The summed E-state index contributed by atoms with van der Waals surface area (Å²) in [7, 11) is -1.55. The van der Waals surface area contributed by atoms with Crippen LogP contribution in [0.5, 0.6) is 0 Å². The predicted octanol–water partition coefficient (Wildman–Crippen LogP) is 2.07. The minimum atomic E-state index is -3.23. The van der Waals surface area contributed by atoms with Crippen LogP contribution in [0.4, 0.5) is 0 Å². The van der Waals surface area contributed by atoms with Gasteiger partial charge in [-0.15, -0.1) is 0 Å². The number of nitrogens with one attached hydrogen (secondary N) is 1. The lowest BCUT2D eigenvalue weighted by Crippen LogP contribution is -2.48. The lowest BCUT2D eigenvalue weighted by atomic mass is 9.88. The first-order valence-corrected chi connectivity index (χ1v) is 8.23. The second-order valence-electron chi connectivity index (χ2n) is 6.12. The van der Waals surface area contributed by atoms with Crippen molar-refractivity contribution in [2.75, 3.05) is 20.1 Å². The van der Waals surface area contributed by atoms with Crippen LogP contribution in [0, 0.1) is 5.41 Å². The molecule has 0 aliphatic carbocycles. The molecule has 0 rings (SSSR count). The zero-order valence-electron chi connectivity index (χ0n) is 12.9. The monoisotopic (exact) mass is 278 g/mol. The molecular weight excluding hydrogens is 248 g/mol. The highest BCUT2D eigenvalue weighted by atomic mass is 32.2. The van der Waals surface area contributed by atoms with Gasteiger partial charge in [0.1, 0.15) is 0 Å². The summed E-state index contributed by atoms with van der Waals surface area (Å²) in [5.74, 6) is 0. The number of hydrogen-bond acceptors (Lipinski definition) is 3. The highest BCUT2D eigenvalue weighted by Crippen LogP contribution is 2.26. The molecule has 0 amide bonds. The number of sulfonamides is 1. The molecule has 0 aromatic heterocycles. The van der Waals surface area contributed by atoms with E-state index in [4.69, 9.17) is 0 Å². The maximum atomic E-state index is 12.4. The number of hydrogen-bond donors (Lipinski definition) is 1. The summed E-state index contributed by atoms with van der Waals surface area (Å²) in [5, 5.41) is 2.78. The summed E-state index contributed by atoms with van der Waals surface area (Å²) in [5.41, 5.74) is -0.0572. The molecule has 2 unspecified atom stereocenters. The van der Waals surface area contributed by atoms with Crippen molar-refractivity contribution in [3.05, 3.63) is 0 Å². The Bertz CT molecular complexity index is 333. The minimum Gasteiger partial charge on any atom is -0.315 e. The van der Waals surface area contributed by atoms with Crippen molar-refractivity contribution in [3.63, 3.8) is 0 Å². The van der Waals surface area contributed by atoms with E-state index in [2.05, 4.69) is 33.0 Å². The first-order chi connectivity index (χ1) is 8.05. The normalized spacial score (nSPS) is 16.9. The molecule has 0 spiro atoms. The van der Waals surface area contributed by atoms with E-state index in [1.54, 1.807) is 14.0 Å². The molecule has 0 aromatic carbocycles. The molecule has 1 N–H and O–H groups in total. The van der Waals surface area contributed by atoms with Crippen LogP contribution < -0.4 is 5.32 Å². The van der Waals surface area contributed by atoms with Gasteiger partial charge in [-0.25, -0.2) is 12.7 Å². The standard InChI is InChI=1S/C13H30N2O2S/c1-8-9-14-10-11(2)18(16,17)15(7)12(3)13(4,5)6/h11-12,14H,8-10H2,1-7H3. The van der Waals surface area contributed by atoms with Crippen LogP contribution in [0.25, 0.3) is 0 Å². The Morgan fingerprint density at radius 1 is 1.22 bits per heavy atom. The molecule has 0 heterocycles. The molecule has 5 heteroatoms. The molecule has 110 valence electrons. The third-order valence-corrected chi connectivity index (χ3v) is 5.87. The third-order valence-electron chi connectivity index (χ3n) is 3.57. The molecule has 0 saturated carbocycles. The molecule has 0 fully saturated rings. The average molecular weight is 278 g/mol. The first kappa shape index (κ1) is 17.9. The van der Waals surface area contributed by atoms with Crippen LogP contribution in [-0.2, 0) is 10.0 Å². The van der Waals surface area contributed by atoms with Crippen molar-refractivity contribution in [1.82, 2.24) is 9.62 Å². The van der Waals surface area contributed by atoms with Gasteiger partial charge in [0, 0.05) is 19.6 Å². The van der Waals surface area contributed by atoms with E-state index in [0.717, 1.165) is 13.0 Å². The van der Waals surface area contributed by atoms with Gasteiger partial charge in [-0.2, -0.15) is 0 Å². The van der Waals surface area contributed by atoms with E-state index >= 15 is 0 Å². The highest BCUT2D eigenvalue weighted by molar-refractivity contribution is 7.89. The molecule has 0 aromatic rings. The Hall–Kier alpha value is -0.130. The van der Waals surface area contributed by atoms with Gasteiger partial charge in [0.15, 0.2) is 0 Å². The molecule has 0 saturated heterocycles. The van der Waals surface area contributed by atoms with Crippen LogP contribution in [0.2, 0.25) is 0 Å². The van der Waals surface area contributed by atoms with Crippen molar-refractivity contribution in [2.24, 2.45) is 5.41 Å². The number of nitrogens with zero attached hydrogens (tertiary/aromatic N) is 1. The lowest BCUT2D eigenvalue weighted by molar-refractivity contribution is 0.215. The molecule has 0 radical (unpaired) electrons. The topological polar surface area (TPSA) is 49.4 Å². The van der Waals surface area contributed by atoms with Crippen LogP contribution >= 0.6 is 0 Å². The van der Waals surface area contributed by atoms with Crippen molar-refractivity contribution in [1.29, 1.82) is 0 Å². The van der Waals surface area contributed by atoms with Gasteiger partial charge in [0.25, 0.3) is 0 Å². The zero-order chi connectivity index (χ0) is 14.6. The van der Waals surface area contributed by atoms with Crippen LogP contribution in [0.3, 0.4) is 0 Å². The Labute approximate surface area is 113 Å². The maximum absolute atomic E-state index is 12.4. The molecule has 2 atom stereocenters. The minimum absolute atomic E-state index is 0.0175. The SMILES string of the molecule is CCCNCC(C)S(=O)(=O)N(C)C(C)C(C)(C)C. The molecular formula is C13H30N2O2S. The van der Waals surface area contributed by atoms with E-state index < -0.39 is 10.0 Å². The van der Waals surface area contributed by atoms with Crippen molar-refractivity contribution < 1.29 is 8.42 Å². The van der Waals surface area contributed by atoms with Crippen LogP contribution in [0.1, 0.15) is 48.0 Å². The van der Waals surface area contributed by atoms with Crippen molar-refractivity contribution >= 4 is 10.0 Å². The van der Waals surface area contributed by atoms with Gasteiger partial charge < -0.3 is 5.32 Å². The predicted molar refractivity (Wildman–Crippen MR) is 78.2 cm³/mol. The van der Waals surface area contributed by atoms with E-state index in [1.165, 1.54) is 4.31 Å². The van der Waals surface area contributed by atoms with Crippen molar-refractivity contribution in [3.8, 4) is 0 Å². The quantitative estimate of drug-likeness (QED) is 0.725. The average Bonchev–Trinajstić information content (AvgIpc) is 2.25. The summed E-state index contributed by atoms with van der Waals surface area (Å²) in [6.07, 6.45) is 1.01. The van der Waals surface area contributed by atoms with E-state index in [-0.39, 0.29) is 16.7 Å². The van der Waals surface area contributed by atoms with Crippen molar-refractivity contribution in [2.45, 2.75) is 59.3 Å². The molecule has 0 aliphatic heterocycles. The fourth-order valence-corrected chi connectivity index (χ4v) is 3.29. The van der Waals surface area contributed by atoms with Gasteiger partial charge in [-0.1, -0.05) is 27.7 Å². The molecule has 18 heavy (non-hydrogen) atoms. The van der Waals surface area contributed by atoms with Crippen LogP contribution in [0.15, 0.2) is 0 Å². The molecule has 0 aliphatic rings. The van der Waals surface area contributed by atoms with Gasteiger partial charge in [0.2, 0.25) is 10.0 Å². The molecule has 4 nitrogen and oxygen atoms in total. The second-order valence-corrected chi connectivity index (χ2v) is 8.53. The summed E-state index contributed by atoms with van der Waals surface area (Å²) < 4.78 is 26.3. The summed E-state index contributed by atoms with van der Waals surface area (Å²) in [4.78, 5) is 0. The Kier molecular flexibility index (Phi) is 6.82. The van der Waals surface area contributed by atoms with E-state index in [0.29, 0.717) is 6.54 Å². The summed E-state index contributed by atoms with van der Waals surface area (Å²) in [6, 6.07) is -0.0175. The first-order valence-electron chi connectivity index (χ1n) is 6.72. The lowest BCUT2D eigenvalue weighted by Gasteiger charge is -2.36. The summed E-state index contributed by atoms with van der Waals surface area (Å²) in [6.45, 7) is 13.3. The van der Waals surface area contributed by atoms with Gasteiger partial charge in [0.05, 0.1) is 5.25 Å². The zero-order valence-corrected chi connectivity index (χ0v) is 13.8. The highest BCUT2D eigenvalue weighted by Gasteiger charge is 2.34. The smallest absolute Gasteiger partial charge is 0.217 e. The third kappa shape index (κ3) is 4.86. The maximum Gasteiger partial charge on any atom is 0.217 e. The van der Waals surface area contributed by atoms with Gasteiger partial charge in [-0.3, -0.25) is 0 Å². The molecule has 0 bridgehead atoms. The van der Waals surface area contributed by atoms with Crippen LogP contribution in [-0.4, -0.2) is 44.2 Å². The Balaban J connectivity index is 4.71. The van der Waals surface area contributed by atoms with Gasteiger partial charge in [-0.05, 0) is 32.2 Å². The van der Waals surface area contributed by atoms with E-state index in [9.17, 15) is 8.42 Å². The number of rotatable bonds is 7.